The number of hydrogen-bond donors (Lipinski definition) is 3. The summed E-state index contributed by atoms with van der Waals surface area (Å²) in [5, 5.41) is 13.6. The summed E-state index contributed by atoms with van der Waals surface area (Å²) in [4.78, 5) is 35.5. The van der Waals surface area contributed by atoms with Crippen LogP contribution in [-0.2, 0) is 9.59 Å². The third-order valence-electron chi connectivity index (χ3n) is 2.70. The molecule has 0 unspecified atom stereocenters. The fourth-order valence-electron chi connectivity index (χ4n) is 1.60. The molecule has 0 radical (unpaired) electrons. The van der Waals surface area contributed by atoms with Crippen molar-refractivity contribution in [2.24, 2.45) is 0 Å². The number of nitrogens with zero attached hydrogens (tertiary/aromatic N) is 1. The summed E-state index contributed by atoms with van der Waals surface area (Å²) >= 11 is 0. The van der Waals surface area contributed by atoms with Crippen LogP contribution in [0.3, 0.4) is 0 Å². The Balaban J connectivity index is 4.17. The first kappa shape index (κ1) is 17.2. The Hall–Kier alpha value is -1.79. The number of carboxylic acids is 1. The maximum absolute atomic E-state index is 11.6. The average molecular weight is 273 g/mol. The molecule has 0 rings (SSSR count). The van der Waals surface area contributed by atoms with Crippen LogP contribution in [-0.4, -0.2) is 53.6 Å². The van der Waals surface area contributed by atoms with E-state index < -0.39 is 18.0 Å². The molecule has 7 heteroatoms. The summed E-state index contributed by atoms with van der Waals surface area (Å²) in [5.74, 6) is -1.27. The molecule has 0 fully saturated rings. The van der Waals surface area contributed by atoms with Crippen LogP contribution in [0.1, 0.15) is 33.6 Å². The molecule has 0 aliphatic carbocycles. The van der Waals surface area contributed by atoms with Gasteiger partial charge in [-0.2, -0.15) is 0 Å². The second-order valence-corrected chi connectivity index (χ2v) is 4.07. The van der Waals surface area contributed by atoms with E-state index in [0.717, 1.165) is 0 Å². The number of urea groups is 1. The van der Waals surface area contributed by atoms with E-state index >= 15 is 0 Å². The Kier molecular flexibility index (Phi) is 8.32. The highest BCUT2D eigenvalue weighted by molar-refractivity contribution is 5.86. The van der Waals surface area contributed by atoms with Gasteiger partial charge in [0.2, 0.25) is 5.91 Å². The third kappa shape index (κ3) is 6.64. The minimum absolute atomic E-state index is 0.133. The van der Waals surface area contributed by atoms with Crippen molar-refractivity contribution in [3.8, 4) is 0 Å². The van der Waals surface area contributed by atoms with Gasteiger partial charge in [0.25, 0.3) is 0 Å². The van der Waals surface area contributed by atoms with Crippen molar-refractivity contribution in [3.63, 3.8) is 0 Å². The van der Waals surface area contributed by atoms with Crippen LogP contribution in [0.5, 0.6) is 0 Å². The molecular formula is C12H23N3O4. The molecule has 7 nitrogen and oxygen atoms in total. The minimum Gasteiger partial charge on any atom is -0.480 e. The summed E-state index contributed by atoms with van der Waals surface area (Å²) in [6, 6.07) is -1.56. The maximum atomic E-state index is 11.6. The lowest BCUT2D eigenvalue weighted by atomic mass is 10.2. The molecule has 19 heavy (non-hydrogen) atoms. The van der Waals surface area contributed by atoms with Crippen LogP contribution >= 0.6 is 0 Å². The Morgan fingerprint density at radius 3 is 2.16 bits per heavy atom. The maximum Gasteiger partial charge on any atom is 0.326 e. The number of carbonyl (C=O) groups excluding carboxylic acids is 2. The smallest absolute Gasteiger partial charge is 0.326 e. The van der Waals surface area contributed by atoms with E-state index in [4.69, 9.17) is 5.11 Å². The number of hydrogen-bond acceptors (Lipinski definition) is 3. The van der Waals surface area contributed by atoms with Gasteiger partial charge in [-0.15, -0.1) is 0 Å². The van der Waals surface area contributed by atoms with Gasteiger partial charge in [0.05, 0.1) is 6.54 Å². The largest absolute Gasteiger partial charge is 0.480 e. The second-order valence-electron chi connectivity index (χ2n) is 4.07. The van der Waals surface area contributed by atoms with Crippen LogP contribution in [0.15, 0.2) is 0 Å². The van der Waals surface area contributed by atoms with Crippen molar-refractivity contribution in [2.75, 3.05) is 19.6 Å². The monoisotopic (exact) mass is 273 g/mol. The summed E-state index contributed by atoms with van der Waals surface area (Å²) in [6.45, 7) is 6.55. The van der Waals surface area contributed by atoms with E-state index in [0.29, 0.717) is 25.9 Å². The fraction of sp³-hybridized carbons (Fsp3) is 0.750. The van der Waals surface area contributed by atoms with Crippen molar-refractivity contribution in [1.29, 1.82) is 0 Å². The van der Waals surface area contributed by atoms with Crippen LogP contribution in [0.4, 0.5) is 4.79 Å². The Morgan fingerprint density at radius 2 is 1.74 bits per heavy atom. The van der Waals surface area contributed by atoms with Crippen molar-refractivity contribution in [2.45, 2.75) is 39.7 Å². The van der Waals surface area contributed by atoms with Gasteiger partial charge in [-0.1, -0.05) is 13.3 Å². The first-order valence-corrected chi connectivity index (χ1v) is 6.51. The van der Waals surface area contributed by atoms with Crippen LogP contribution in [0.2, 0.25) is 0 Å². The van der Waals surface area contributed by atoms with Gasteiger partial charge in [-0.25, -0.2) is 9.59 Å². The van der Waals surface area contributed by atoms with E-state index in [1.54, 1.807) is 4.90 Å². The van der Waals surface area contributed by atoms with Gasteiger partial charge in [0.1, 0.15) is 6.04 Å². The molecule has 0 heterocycles. The predicted molar refractivity (Wildman–Crippen MR) is 70.8 cm³/mol. The minimum atomic E-state index is -1.08. The number of rotatable bonds is 8. The van der Waals surface area contributed by atoms with E-state index in [1.807, 2.05) is 20.8 Å². The quantitative estimate of drug-likeness (QED) is 0.596. The zero-order valence-corrected chi connectivity index (χ0v) is 11.7. The van der Waals surface area contributed by atoms with Gasteiger partial charge in [0, 0.05) is 13.1 Å². The van der Waals surface area contributed by atoms with Crippen molar-refractivity contribution in [1.82, 2.24) is 15.5 Å². The normalized spacial score (nSPS) is 11.5. The number of aliphatic carboxylic acids is 1. The molecule has 3 amide bonds. The van der Waals surface area contributed by atoms with Gasteiger partial charge < -0.3 is 20.6 Å². The molecule has 0 spiro atoms. The Labute approximate surface area is 113 Å². The molecule has 0 aliphatic heterocycles. The number of likely N-dealkylation sites (N-methyl/N-ethyl adjacent to an activating group) is 1. The number of carboxylic acid groups (broad SMARTS) is 1. The molecule has 0 saturated heterocycles. The zero-order valence-electron chi connectivity index (χ0n) is 11.7. The summed E-state index contributed by atoms with van der Waals surface area (Å²) in [6.07, 6.45) is 1.00. The molecule has 0 aliphatic rings. The molecule has 0 aromatic heterocycles. The lowest BCUT2D eigenvalue weighted by Crippen LogP contribution is -2.48. The highest BCUT2D eigenvalue weighted by Crippen LogP contribution is 1.96. The first-order valence-electron chi connectivity index (χ1n) is 6.51. The molecular weight excluding hydrogens is 250 g/mol. The topological polar surface area (TPSA) is 98.7 Å². The van der Waals surface area contributed by atoms with Crippen LogP contribution in [0.25, 0.3) is 0 Å². The second kappa shape index (κ2) is 9.18. The van der Waals surface area contributed by atoms with Crippen molar-refractivity contribution < 1.29 is 19.5 Å². The SMILES string of the molecule is CCC[C@@H](NC(=O)NCC(=O)N(CC)CC)C(=O)O. The molecule has 1 atom stereocenters. The van der Waals surface area contributed by atoms with E-state index in [1.165, 1.54) is 0 Å². The van der Waals surface area contributed by atoms with Crippen molar-refractivity contribution >= 4 is 17.9 Å². The van der Waals surface area contributed by atoms with Crippen LogP contribution < -0.4 is 10.6 Å². The number of amides is 3. The molecule has 0 saturated carbocycles. The van der Waals surface area contributed by atoms with Crippen LogP contribution in [0, 0.1) is 0 Å². The Morgan fingerprint density at radius 1 is 1.16 bits per heavy atom. The van der Waals surface area contributed by atoms with E-state index in [-0.39, 0.29) is 12.5 Å². The standard InChI is InChI=1S/C12H23N3O4/c1-4-7-9(11(17)18)14-12(19)13-8-10(16)15(5-2)6-3/h9H,4-8H2,1-3H3,(H,17,18)(H2,13,14,19)/t9-/m1/s1. The molecule has 110 valence electrons. The first-order chi connectivity index (χ1) is 8.96. The lowest BCUT2D eigenvalue weighted by molar-refractivity contribution is -0.139. The summed E-state index contributed by atoms with van der Waals surface area (Å²) in [5.41, 5.74) is 0. The highest BCUT2D eigenvalue weighted by Gasteiger charge is 2.19. The predicted octanol–water partition coefficient (Wildman–Crippen LogP) is 0.407. The average Bonchev–Trinajstić information content (AvgIpc) is 2.37. The lowest BCUT2D eigenvalue weighted by Gasteiger charge is -2.19. The zero-order chi connectivity index (χ0) is 14.8. The van der Waals surface area contributed by atoms with Gasteiger partial charge >= 0.3 is 12.0 Å². The number of carbonyl (C=O) groups is 3. The van der Waals surface area contributed by atoms with Gasteiger partial charge in [-0.3, -0.25) is 4.79 Å². The fourth-order valence-corrected chi connectivity index (χ4v) is 1.60. The molecule has 3 N–H and O–H groups in total. The summed E-state index contributed by atoms with van der Waals surface area (Å²) < 4.78 is 0. The van der Waals surface area contributed by atoms with Gasteiger partial charge in [0.15, 0.2) is 0 Å². The molecule has 0 aromatic carbocycles. The van der Waals surface area contributed by atoms with E-state index in [9.17, 15) is 14.4 Å². The number of nitrogens with one attached hydrogen (secondary N) is 2. The molecule has 0 bridgehead atoms. The third-order valence-corrected chi connectivity index (χ3v) is 2.70. The summed E-state index contributed by atoms with van der Waals surface area (Å²) in [7, 11) is 0. The Bertz CT molecular complexity index is 316. The van der Waals surface area contributed by atoms with Crippen molar-refractivity contribution in [3.05, 3.63) is 0 Å². The molecule has 0 aromatic rings. The van der Waals surface area contributed by atoms with Gasteiger partial charge in [-0.05, 0) is 20.3 Å². The highest BCUT2D eigenvalue weighted by atomic mass is 16.4. The van der Waals surface area contributed by atoms with E-state index in [2.05, 4.69) is 10.6 Å².